The number of nitrogens with zero attached hydrogens (tertiary/aromatic N) is 1. The molecule has 0 saturated carbocycles. The third kappa shape index (κ3) is 3.21. The molecule has 0 aromatic heterocycles. The minimum atomic E-state index is 0.682. The van der Waals surface area contributed by atoms with Crippen molar-refractivity contribution in [3.05, 3.63) is 0 Å². The third-order valence-corrected chi connectivity index (χ3v) is 2.22. The summed E-state index contributed by atoms with van der Waals surface area (Å²) in [6, 6.07) is 1.42. The van der Waals surface area contributed by atoms with Gasteiger partial charge in [-0.05, 0) is 34.2 Å². The van der Waals surface area contributed by atoms with E-state index in [0.29, 0.717) is 6.04 Å². The Morgan fingerprint density at radius 3 is 2.00 bits per heavy atom. The van der Waals surface area contributed by atoms with Gasteiger partial charge < -0.3 is 4.90 Å². The molecule has 0 aromatic rings. The van der Waals surface area contributed by atoms with E-state index in [1.807, 2.05) is 0 Å². The molecule has 0 amide bonds. The van der Waals surface area contributed by atoms with E-state index in [-0.39, 0.29) is 0 Å². The van der Waals surface area contributed by atoms with E-state index in [1.54, 1.807) is 0 Å². The fourth-order valence-electron chi connectivity index (χ4n) is 1.13. The molecule has 62 valence electrons. The van der Waals surface area contributed by atoms with E-state index in [9.17, 15) is 0 Å². The van der Waals surface area contributed by atoms with Crippen LogP contribution in [0.1, 0.15) is 40.5 Å². The van der Waals surface area contributed by atoms with Gasteiger partial charge in [0.2, 0.25) is 0 Å². The monoisotopic (exact) mass is 143 g/mol. The van der Waals surface area contributed by atoms with E-state index in [2.05, 4.69) is 39.6 Å². The normalized spacial score (nSPS) is 14.7. The predicted octanol–water partition coefficient (Wildman–Crippen LogP) is 2.52. The molecule has 0 aromatic carbocycles. The van der Waals surface area contributed by atoms with Gasteiger partial charge in [-0.3, -0.25) is 0 Å². The first-order valence-corrected chi connectivity index (χ1v) is 4.31. The van der Waals surface area contributed by atoms with Crippen molar-refractivity contribution in [2.75, 3.05) is 7.05 Å². The highest BCUT2D eigenvalue weighted by molar-refractivity contribution is 4.65. The first-order chi connectivity index (χ1) is 4.59. The fourth-order valence-corrected chi connectivity index (χ4v) is 1.13. The Morgan fingerprint density at radius 2 is 1.70 bits per heavy atom. The van der Waals surface area contributed by atoms with Gasteiger partial charge in [0.05, 0.1) is 0 Å². The molecular formula is C9H21N. The summed E-state index contributed by atoms with van der Waals surface area (Å²) in [4.78, 5) is 2.42. The quantitative estimate of drug-likeness (QED) is 0.584. The molecule has 0 radical (unpaired) electrons. The van der Waals surface area contributed by atoms with Crippen LogP contribution in [0, 0.1) is 0 Å². The zero-order valence-electron chi connectivity index (χ0n) is 8.02. The summed E-state index contributed by atoms with van der Waals surface area (Å²) in [5.74, 6) is 0. The van der Waals surface area contributed by atoms with Crippen molar-refractivity contribution in [1.82, 2.24) is 4.90 Å². The highest BCUT2D eigenvalue weighted by Gasteiger charge is 2.09. The fraction of sp³-hybridized carbons (Fsp3) is 1.00. The minimum Gasteiger partial charge on any atom is -0.301 e. The molecule has 0 aliphatic carbocycles. The van der Waals surface area contributed by atoms with E-state index in [0.717, 1.165) is 6.04 Å². The Bertz CT molecular complexity index is 78.8. The SMILES string of the molecule is CCC[C@@H](C)N(C)C(C)C. The lowest BCUT2D eigenvalue weighted by Gasteiger charge is -2.27. The summed E-state index contributed by atoms with van der Waals surface area (Å²) < 4.78 is 0. The molecule has 1 heteroatoms. The van der Waals surface area contributed by atoms with Gasteiger partial charge in [0.1, 0.15) is 0 Å². The highest BCUT2D eigenvalue weighted by Crippen LogP contribution is 2.06. The van der Waals surface area contributed by atoms with Crippen molar-refractivity contribution < 1.29 is 0 Å². The standard InChI is InChI=1S/C9H21N/c1-6-7-9(4)10(5)8(2)3/h8-9H,6-7H2,1-5H3/t9-/m1/s1. The van der Waals surface area contributed by atoms with Crippen molar-refractivity contribution in [2.45, 2.75) is 52.6 Å². The van der Waals surface area contributed by atoms with E-state index in [4.69, 9.17) is 0 Å². The van der Waals surface area contributed by atoms with Gasteiger partial charge in [-0.1, -0.05) is 13.3 Å². The van der Waals surface area contributed by atoms with Gasteiger partial charge in [-0.2, -0.15) is 0 Å². The summed E-state index contributed by atoms with van der Waals surface area (Å²) in [6.07, 6.45) is 2.60. The van der Waals surface area contributed by atoms with Crippen LogP contribution in [0.2, 0.25) is 0 Å². The number of hydrogen-bond donors (Lipinski definition) is 0. The van der Waals surface area contributed by atoms with Crippen LogP contribution in [0.15, 0.2) is 0 Å². The Morgan fingerprint density at radius 1 is 1.20 bits per heavy atom. The van der Waals surface area contributed by atoms with Gasteiger partial charge in [0.25, 0.3) is 0 Å². The number of rotatable bonds is 4. The van der Waals surface area contributed by atoms with E-state index >= 15 is 0 Å². The van der Waals surface area contributed by atoms with Crippen LogP contribution in [0.5, 0.6) is 0 Å². The lowest BCUT2D eigenvalue weighted by atomic mass is 10.1. The maximum Gasteiger partial charge on any atom is 0.00664 e. The molecule has 0 aliphatic heterocycles. The van der Waals surface area contributed by atoms with Crippen molar-refractivity contribution in [3.8, 4) is 0 Å². The minimum absolute atomic E-state index is 0.682. The highest BCUT2D eigenvalue weighted by atomic mass is 15.1. The largest absolute Gasteiger partial charge is 0.301 e. The summed E-state index contributed by atoms with van der Waals surface area (Å²) in [6.45, 7) is 9.02. The smallest absolute Gasteiger partial charge is 0.00664 e. The van der Waals surface area contributed by atoms with Gasteiger partial charge in [-0.25, -0.2) is 0 Å². The molecule has 0 fully saturated rings. The second kappa shape index (κ2) is 4.73. The van der Waals surface area contributed by atoms with Crippen molar-refractivity contribution in [3.63, 3.8) is 0 Å². The van der Waals surface area contributed by atoms with Crippen molar-refractivity contribution in [1.29, 1.82) is 0 Å². The average molecular weight is 143 g/mol. The van der Waals surface area contributed by atoms with Gasteiger partial charge in [-0.15, -0.1) is 0 Å². The maximum atomic E-state index is 2.42. The lowest BCUT2D eigenvalue weighted by molar-refractivity contribution is 0.198. The zero-order valence-corrected chi connectivity index (χ0v) is 8.02. The lowest BCUT2D eigenvalue weighted by Crippen LogP contribution is -2.34. The Balaban J connectivity index is 3.58. The molecule has 0 aliphatic rings. The Kier molecular flexibility index (Phi) is 4.71. The molecule has 0 rings (SSSR count). The average Bonchev–Trinajstić information content (AvgIpc) is 1.87. The van der Waals surface area contributed by atoms with Crippen LogP contribution < -0.4 is 0 Å². The van der Waals surface area contributed by atoms with Crippen LogP contribution in [0.4, 0.5) is 0 Å². The summed E-state index contributed by atoms with van der Waals surface area (Å²) in [7, 11) is 2.20. The molecule has 0 heterocycles. The maximum absolute atomic E-state index is 2.42. The molecule has 0 bridgehead atoms. The molecule has 0 unspecified atom stereocenters. The van der Waals surface area contributed by atoms with Gasteiger partial charge in [0, 0.05) is 12.1 Å². The van der Waals surface area contributed by atoms with Crippen LogP contribution >= 0.6 is 0 Å². The topological polar surface area (TPSA) is 3.24 Å². The van der Waals surface area contributed by atoms with Crippen LogP contribution in [-0.2, 0) is 0 Å². The van der Waals surface area contributed by atoms with Crippen LogP contribution in [-0.4, -0.2) is 24.0 Å². The summed E-state index contributed by atoms with van der Waals surface area (Å²) in [5.41, 5.74) is 0. The zero-order chi connectivity index (χ0) is 8.15. The summed E-state index contributed by atoms with van der Waals surface area (Å²) >= 11 is 0. The molecule has 10 heavy (non-hydrogen) atoms. The van der Waals surface area contributed by atoms with E-state index < -0.39 is 0 Å². The van der Waals surface area contributed by atoms with Crippen LogP contribution in [0.3, 0.4) is 0 Å². The third-order valence-electron chi connectivity index (χ3n) is 2.22. The molecule has 1 atom stereocenters. The predicted molar refractivity (Wildman–Crippen MR) is 47.3 cm³/mol. The Labute approximate surface area is 65.4 Å². The summed E-state index contributed by atoms with van der Waals surface area (Å²) in [5, 5.41) is 0. The first kappa shape index (κ1) is 9.96. The first-order valence-electron chi connectivity index (χ1n) is 4.31. The molecule has 1 nitrogen and oxygen atoms in total. The molecule has 0 saturated heterocycles. The van der Waals surface area contributed by atoms with E-state index in [1.165, 1.54) is 12.8 Å². The van der Waals surface area contributed by atoms with Gasteiger partial charge >= 0.3 is 0 Å². The molecule has 0 N–H and O–H groups in total. The van der Waals surface area contributed by atoms with Crippen molar-refractivity contribution >= 4 is 0 Å². The van der Waals surface area contributed by atoms with Gasteiger partial charge in [0.15, 0.2) is 0 Å². The molecular weight excluding hydrogens is 122 g/mol. The second-order valence-electron chi connectivity index (χ2n) is 3.40. The second-order valence-corrected chi connectivity index (χ2v) is 3.40. The number of hydrogen-bond acceptors (Lipinski definition) is 1. The molecule has 0 spiro atoms. The van der Waals surface area contributed by atoms with Crippen molar-refractivity contribution in [2.24, 2.45) is 0 Å². The Hall–Kier alpha value is -0.0400. The van der Waals surface area contributed by atoms with Crippen LogP contribution in [0.25, 0.3) is 0 Å².